The SMILES string of the molecule is CCO.OCCOCc1ccccc1-c1ccccc1F. The van der Waals surface area contributed by atoms with E-state index >= 15 is 0 Å². The Morgan fingerprint density at radius 2 is 1.52 bits per heavy atom. The summed E-state index contributed by atoms with van der Waals surface area (Å²) in [7, 11) is 0. The standard InChI is InChI=1S/C15H15FO2.C2H6O/c16-15-8-4-3-7-14(15)13-6-2-1-5-12(13)11-18-10-9-17;1-2-3/h1-8,17H,9-11H2;3H,2H2,1H3. The van der Waals surface area contributed by atoms with Crippen LogP contribution in [0, 0.1) is 5.82 Å². The minimum atomic E-state index is -0.243. The number of aliphatic hydroxyl groups is 2. The molecular formula is C17H21FO3. The monoisotopic (exact) mass is 292 g/mol. The van der Waals surface area contributed by atoms with E-state index in [0.717, 1.165) is 11.1 Å². The van der Waals surface area contributed by atoms with E-state index in [4.69, 9.17) is 14.9 Å². The van der Waals surface area contributed by atoms with E-state index in [2.05, 4.69) is 0 Å². The molecule has 0 aliphatic carbocycles. The third kappa shape index (κ3) is 5.63. The highest BCUT2D eigenvalue weighted by atomic mass is 19.1. The van der Waals surface area contributed by atoms with E-state index in [0.29, 0.717) is 12.2 Å². The van der Waals surface area contributed by atoms with Crippen LogP contribution in [-0.4, -0.2) is 30.0 Å². The highest BCUT2D eigenvalue weighted by Gasteiger charge is 2.08. The van der Waals surface area contributed by atoms with Gasteiger partial charge in [-0.15, -0.1) is 0 Å². The first kappa shape index (κ1) is 17.3. The predicted octanol–water partition coefficient (Wildman–Crippen LogP) is 3.00. The van der Waals surface area contributed by atoms with Crippen molar-refractivity contribution >= 4 is 0 Å². The van der Waals surface area contributed by atoms with E-state index < -0.39 is 0 Å². The van der Waals surface area contributed by atoms with Gasteiger partial charge in [-0.05, 0) is 24.1 Å². The average Bonchev–Trinajstić information content (AvgIpc) is 2.50. The summed E-state index contributed by atoms with van der Waals surface area (Å²) in [5.41, 5.74) is 2.31. The van der Waals surface area contributed by atoms with Gasteiger partial charge in [-0.2, -0.15) is 0 Å². The van der Waals surface area contributed by atoms with Crippen molar-refractivity contribution < 1.29 is 19.3 Å². The number of hydrogen-bond donors (Lipinski definition) is 2. The summed E-state index contributed by atoms with van der Waals surface area (Å²) in [4.78, 5) is 0. The molecule has 0 aliphatic heterocycles. The number of hydrogen-bond acceptors (Lipinski definition) is 3. The summed E-state index contributed by atoms with van der Waals surface area (Å²) in [5.74, 6) is -0.243. The molecule has 114 valence electrons. The Morgan fingerprint density at radius 1 is 0.952 bits per heavy atom. The van der Waals surface area contributed by atoms with Crippen LogP contribution in [-0.2, 0) is 11.3 Å². The lowest BCUT2D eigenvalue weighted by atomic mass is 10.00. The fourth-order valence-electron chi connectivity index (χ4n) is 1.84. The topological polar surface area (TPSA) is 49.7 Å². The second-order valence-corrected chi connectivity index (χ2v) is 4.23. The quantitative estimate of drug-likeness (QED) is 0.833. The maximum atomic E-state index is 13.8. The zero-order valence-electron chi connectivity index (χ0n) is 12.1. The number of ether oxygens (including phenoxy) is 1. The van der Waals surface area contributed by atoms with Crippen molar-refractivity contribution in [2.45, 2.75) is 13.5 Å². The molecule has 0 atom stereocenters. The molecule has 0 amide bonds. The van der Waals surface area contributed by atoms with Gasteiger partial charge in [0, 0.05) is 12.2 Å². The third-order valence-electron chi connectivity index (χ3n) is 2.67. The van der Waals surface area contributed by atoms with Crippen LogP contribution in [0.25, 0.3) is 11.1 Å². The Balaban J connectivity index is 0.000000677. The molecule has 0 spiro atoms. The summed E-state index contributed by atoms with van der Waals surface area (Å²) >= 11 is 0. The van der Waals surface area contributed by atoms with Crippen LogP contribution >= 0.6 is 0 Å². The van der Waals surface area contributed by atoms with Crippen molar-refractivity contribution in [1.29, 1.82) is 0 Å². The third-order valence-corrected chi connectivity index (χ3v) is 2.67. The van der Waals surface area contributed by atoms with Crippen LogP contribution in [0.1, 0.15) is 12.5 Å². The molecule has 0 radical (unpaired) electrons. The normalized spacial score (nSPS) is 9.90. The number of halogens is 1. The van der Waals surface area contributed by atoms with E-state index in [1.54, 1.807) is 19.1 Å². The highest BCUT2D eigenvalue weighted by Crippen LogP contribution is 2.26. The largest absolute Gasteiger partial charge is 0.397 e. The summed E-state index contributed by atoms with van der Waals surface area (Å²) < 4.78 is 19.1. The zero-order chi connectivity index (χ0) is 15.5. The van der Waals surface area contributed by atoms with E-state index in [9.17, 15) is 4.39 Å². The van der Waals surface area contributed by atoms with Gasteiger partial charge >= 0.3 is 0 Å². The average molecular weight is 292 g/mol. The van der Waals surface area contributed by atoms with Crippen LogP contribution in [0.4, 0.5) is 4.39 Å². The van der Waals surface area contributed by atoms with Gasteiger partial charge < -0.3 is 14.9 Å². The number of benzene rings is 2. The van der Waals surface area contributed by atoms with E-state index in [-0.39, 0.29) is 25.6 Å². The first-order chi connectivity index (χ1) is 10.2. The fourth-order valence-corrected chi connectivity index (χ4v) is 1.84. The van der Waals surface area contributed by atoms with Gasteiger partial charge in [0.25, 0.3) is 0 Å². The van der Waals surface area contributed by atoms with Crippen LogP contribution < -0.4 is 0 Å². The van der Waals surface area contributed by atoms with Gasteiger partial charge in [0.2, 0.25) is 0 Å². The number of rotatable bonds is 5. The Bertz CT molecular complexity index is 529. The van der Waals surface area contributed by atoms with Gasteiger partial charge in [0.05, 0.1) is 19.8 Å². The molecule has 2 aromatic rings. The molecule has 0 bridgehead atoms. The molecule has 0 aromatic heterocycles. The molecule has 0 aliphatic rings. The van der Waals surface area contributed by atoms with Gasteiger partial charge in [-0.1, -0.05) is 42.5 Å². The molecular weight excluding hydrogens is 271 g/mol. The Labute approximate surface area is 124 Å². The molecule has 0 saturated carbocycles. The van der Waals surface area contributed by atoms with Crippen molar-refractivity contribution in [2.24, 2.45) is 0 Å². The molecule has 0 fully saturated rings. The molecule has 4 heteroatoms. The zero-order valence-corrected chi connectivity index (χ0v) is 12.1. The van der Waals surface area contributed by atoms with Crippen LogP contribution in [0.15, 0.2) is 48.5 Å². The van der Waals surface area contributed by atoms with Crippen LogP contribution in [0.3, 0.4) is 0 Å². The molecule has 2 N–H and O–H groups in total. The molecule has 0 saturated heterocycles. The first-order valence-corrected chi connectivity index (χ1v) is 6.86. The molecule has 2 aromatic carbocycles. The van der Waals surface area contributed by atoms with Crippen molar-refractivity contribution in [1.82, 2.24) is 0 Å². The predicted molar refractivity (Wildman–Crippen MR) is 81.3 cm³/mol. The second kappa shape index (κ2) is 10.0. The molecule has 0 heterocycles. The summed E-state index contributed by atoms with van der Waals surface area (Å²) in [5, 5.41) is 16.3. The molecule has 3 nitrogen and oxygen atoms in total. The van der Waals surface area contributed by atoms with Crippen LogP contribution in [0.2, 0.25) is 0 Å². The maximum Gasteiger partial charge on any atom is 0.131 e. The van der Waals surface area contributed by atoms with Crippen molar-refractivity contribution in [3.05, 3.63) is 59.9 Å². The second-order valence-electron chi connectivity index (χ2n) is 4.23. The molecule has 2 rings (SSSR count). The van der Waals surface area contributed by atoms with Crippen molar-refractivity contribution in [3.63, 3.8) is 0 Å². The van der Waals surface area contributed by atoms with Gasteiger partial charge in [-0.25, -0.2) is 4.39 Å². The van der Waals surface area contributed by atoms with Gasteiger partial charge in [-0.3, -0.25) is 0 Å². The first-order valence-electron chi connectivity index (χ1n) is 6.86. The summed E-state index contributed by atoms with van der Waals surface area (Å²) in [6.07, 6.45) is 0. The van der Waals surface area contributed by atoms with Gasteiger partial charge in [0.1, 0.15) is 5.82 Å². The lowest BCUT2D eigenvalue weighted by Crippen LogP contribution is -2.01. The maximum absolute atomic E-state index is 13.8. The Morgan fingerprint density at radius 3 is 2.14 bits per heavy atom. The van der Waals surface area contributed by atoms with E-state index in [1.807, 2.05) is 30.3 Å². The smallest absolute Gasteiger partial charge is 0.131 e. The minimum absolute atomic E-state index is 0.0120. The molecule has 0 unspecified atom stereocenters. The lowest BCUT2D eigenvalue weighted by Gasteiger charge is -2.10. The highest BCUT2D eigenvalue weighted by molar-refractivity contribution is 5.67. The fraction of sp³-hybridized carbons (Fsp3) is 0.294. The van der Waals surface area contributed by atoms with Crippen molar-refractivity contribution in [2.75, 3.05) is 19.8 Å². The Kier molecular flexibility index (Phi) is 8.28. The van der Waals surface area contributed by atoms with E-state index in [1.165, 1.54) is 6.07 Å². The summed E-state index contributed by atoms with van der Waals surface area (Å²) in [6, 6.07) is 14.2. The summed E-state index contributed by atoms with van der Waals surface area (Å²) in [6.45, 7) is 2.57. The Hall–Kier alpha value is -1.75. The van der Waals surface area contributed by atoms with Gasteiger partial charge in [0.15, 0.2) is 0 Å². The lowest BCUT2D eigenvalue weighted by molar-refractivity contribution is 0.0818. The number of aliphatic hydroxyl groups excluding tert-OH is 2. The van der Waals surface area contributed by atoms with Crippen molar-refractivity contribution in [3.8, 4) is 11.1 Å². The molecule has 21 heavy (non-hydrogen) atoms. The minimum Gasteiger partial charge on any atom is -0.397 e. The van der Waals surface area contributed by atoms with Crippen LogP contribution in [0.5, 0.6) is 0 Å².